The van der Waals surface area contributed by atoms with Crippen molar-refractivity contribution < 1.29 is 18.4 Å². The highest BCUT2D eigenvalue weighted by atomic mass is 19.1. The topological polar surface area (TPSA) is 78.1 Å². The first kappa shape index (κ1) is 17.8. The lowest BCUT2D eigenvalue weighted by Crippen LogP contribution is -2.07. The number of ether oxygens (including phenoxy) is 1. The average molecular weight is 377 g/mol. The van der Waals surface area contributed by atoms with Gasteiger partial charge in [0.15, 0.2) is 6.61 Å². The van der Waals surface area contributed by atoms with Crippen molar-refractivity contribution in [3.63, 3.8) is 0 Å². The monoisotopic (exact) mass is 377 g/mol. The minimum atomic E-state index is -0.498. The number of carbonyl (C=O) groups is 1. The van der Waals surface area contributed by atoms with Crippen molar-refractivity contribution in [3.8, 4) is 11.4 Å². The zero-order valence-electron chi connectivity index (χ0n) is 15.3. The highest BCUT2D eigenvalue weighted by molar-refractivity contribution is 6.03. The van der Waals surface area contributed by atoms with Crippen molar-refractivity contribution in [3.05, 3.63) is 77.1 Å². The maximum atomic E-state index is 13.0. The number of rotatable bonds is 4. The minimum absolute atomic E-state index is 0.152. The van der Waals surface area contributed by atoms with Crippen molar-refractivity contribution in [2.24, 2.45) is 0 Å². The molecule has 0 aliphatic heterocycles. The van der Waals surface area contributed by atoms with Crippen molar-refractivity contribution in [1.29, 1.82) is 0 Å². The normalized spacial score (nSPS) is 11.0. The molecule has 0 aliphatic rings. The first-order valence-corrected chi connectivity index (χ1v) is 8.63. The molecule has 28 heavy (non-hydrogen) atoms. The van der Waals surface area contributed by atoms with Gasteiger partial charge >= 0.3 is 5.97 Å². The van der Waals surface area contributed by atoms with Crippen LogP contribution in [0.1, 0.15) is 27.5 Å². The molecule has 0 atom stereocenters. The summed E-state index contributed by atoms with van der Waals surface area (Å²) in [6.45, 7) is 3.61. The molecule has 4 rings (SSSR count). The standard InChI is InChI=1S/C21H16FN3O3/c1-12-3-8-18-16(9-12)17(10-13(2)23-18)21(26)27-11-19-24-20(25-28-19)14-4-6-15(22)7-5-14/h3-10H,11H2,1-2H3. The Morgan fingerprint density at radius 1 is 1.07 bits per heavy atom. The summed E-state index contributed by atoms with van der Waals surface area (Å²) in [7, 11) is 0. The van der Waals surface area contributed by atoms with Crippen LogP contribution < -0.4 is 0 Å². The van der Waals surface area contributed by atoms with E-state index in [1.54, 1.807) is 18.2 Å². The molecule has 0 N–H and O–H groups in total. The van der Waals surface area contributed by atoms with E-state index in [9.17, 15) is 9.18 Å². The fraction of sp³-hybridized carbons (Fsp3) is 0.143. The third kappa shape index (κ3) is 3.59. The second-order valence-electron chi connectivity index (χ2n) is 6.43. The molecule has 2 aromatic carbocycles. The Morgan fingerprint density at radius 3 is 2.64 bits per heavy atom. The summed E-state index contributed by atoms with van der Waals surface area (Å²) in [5.41, 5.74) is 3.51. The summed E-state index contributed by atoms with van der Waals surface area (Å²) >= 11 is 0. The predicted octanol–water partition coefficient (Wildman–Crippen LogP) is 4.40. The van der Waals surface area contributed by atoms with Crippen LogP contribution in [0.15, 0.2) is 53.1 Å². The molecule has 6 nitrogen and oxygen atoms in total. The van der Waals surface area contributed by atoms with Crippen molar-refractivity contribution in [2.75, 3.05) is 0 Å². The molecule has 0 spiro atoms. The fourth-order valence-corrected chi connectivity index (χ4v) is 2.88. The summed E-state index contributed by atoms with van der Waals surface area (Å²) in [6.07, 6.45) is 0. The van der Waals surface area contributed by atoms with E-state index in [0.717, 1.165) is 22.2 Å². The van der Waals surface area contributed by atoms with Crippen LogP contribution in [0.4, 0.5) is 4.39 Å². The quantitative estimate of drug-likeness (QED) is 0.491. The molecule has 0 aliphatic carbocycles. The first-order chi connectivity index (χ1) is 13.5. The number of aryl methyl sites for hydroxylation is 2. The maximum Gasteiger partial charge on any atom is 0.339 e. The van der Waals surface area contributed by atoms with Gasteiger partial charge in [0.05, 0.1) is 11.1 Å². The molecule has 0 bridgehead atoms. The largest absolute Gasteiger partial charge is 0.452 e. The third-order valence-electron chi connectivity index (χ3n) is 4.21. The van der Waals surface area contributed by atoms with Crippen LogP contribution in [0.3, 0.4) is 0 Å². The molecule has 140 valence electrons. The maximum absolute atomic E-state index is 13.0. The van der Waals surface area contributed by atoms with Crippen LogP contribution in [0, 0.1) is 19.7 Å². The number of carbonyl (C=O) groups excluding carboxylic acids is 1. The minimum Gasteiger partial charge on any atom is -0.452 e. The first-order valence-electron chi connectivity index (χ1n) is 8.63. The average Bonchev–Trinajstić information content (AvgIpc) is 3.15. The SMILES string of the molecule is Cc1ccc2nc(C)cc(C(=O)OCc3nc(-c4ccc(F)cc4)no3)c2c1. The number of hydrogen-bond donors (Lipinski definition) is 0. The molecule has 7 heteroatoms. The zero-order chi connectivity index (χ0) is 19.7. The highest BCUT2D eigenvalue weighted by Crippen LogP contribution is 2.22. The van der Waals surface area contributed by atoms with Crippen LogP contribution in [0.25, 0.3) is 22.3 Å². The lowest BCUT2D eigenvalue weighted by atomic mass is 10.1. The predicted molar refractivity (Wildman–Crippen MR) is 100 cm³/mol. The second kappa shape index (κ2) is 7.19. The lowest BCUT2D eigenvalue weighted by molar-refractivity contribution is 0.0432. The van der Waals surface area contributed by atoms with E-state index in [2.05, 4.69) is 15.1 Å². The summed E-state index contributed by atoms with van der Waals surface area (Å²) in [5.74, 6) is -0.398. The number of fused-ring (bicyclic) bond motifs is 1. The number of esters is 1. The van der Waals surface area contributed by atoms with E-state index in [0.29, 0.717) is 17.0 Å². The van der Waals surface area contributed by atoms with Crippen molar-refractivity contribution in [2.45, 2.75) is 20.5 Å². The van der Waals surface area contributed by atoms with Gasteiger partial charge in [-0.25, -0.2) is 9.18 Å². The summed E-state index contributed by atoms with van der Waals surface area (Å²) in [4.78, 5) is 21.3. The number of benzene rings is 2. The van der Waals surface area contributed by atoms with Gasteiger partial charge in [-0.2, -0.15) is 4.98 Å². The number of nitrogens with zero attached hydrogens (tertiary/aromatic N) is 3. The van der Waals surface area contributed by atoms with Gasteiger partial charge in [-0.3, -0.25) is 4.98 Å². The molecule has 2 aromatic heterocycles. The van der Waals surface area contributed by atoms with E-state index < -0.39 is 5.97 Å². The van der Waals surface area contributed by atoms with Crippen LogP contribution in [0.2, 0.25) is 0 Å². The fourth-order valence-electron chi connectivity index (χ4n) is 2.88. The second-order valence-corrected chi connectivity index (χ2v) is 6.43. The summed E-state index contributed by atoms with van der Waals surface area (Å²) in [6, 6.07) is 13.1. The molecule has 0 saturated heterocycles. The molecule has 2 heterocycles. The van der Waals surface area contributed by atoms with E-state index in [4.69, 9.17) is 9.26 Å². The van der Waals surface area contributed by atoms with Gasteiger partial charge in [-0.05, 0) is 56.3 Å². The van der Waals surface area contributed by atoms with Gasteiger partial charge in [-0.1, -0.05) is 16.8 Å². The van der Waals surface area contributed by atoms with Gasteiger partial charge in [0.1, 0.15) is 5.82 Å². The van der Waals surface area contributed by atoms with Gasteiger partial charge in [0.25, 0.3) is 5.89 Å². The molecule has 0 amide bonds. The Hall–Kier alpha value is -3.61. The van der Waals surface area contributed by atoms with E-state index in [-0.39, 0.29) is 18.3 Å². The Balaban J connectivity index is 1.53. The van der Waals surface area contributed by atoms with Crippen LogP contribution in [0.5, 0.6) is 0 Å². The Morgan fingerprint density at radius 2 is 1.86 bits per heavy atom. The number of halogens is 1. The molecular weight excluding hydrogens is 361 g/mol. The Kier molecular flexibility index (Phi) is 4.57. The van der Waals surface area contributed by atoms with Crippen LogP contribution >= 0.6 is 0 Å². The summed E-state index contributed by atoms with van der Waals surface area (Å²) in [5, 5.41) is 4.56. The third-order valence-corrected chi connectivity index (χ3v) is 4.21. The molecule has 0 radical (unpaired) electrons. The smallest absolute Gasteiger partial charge is 0.339 e. The van der Waals surface area contributed by atoms with Crippen molar-refractivity contribution in [1.82, 2.24) is 15.1 Å². The van der Waals surface area contributed by atoms with Crippen LogP contribution in [-0.2, 0) is 11.3 Å². The van der Waals surface area contributed by atoms with Crippen LogP contribution in [-0.4, -0.2) is 21.1 Å². The molecule has 0 fully saturated rings. The van der Waals surface area contributed by atoms with Gasteiger partial charge in [0, 0.05) is 16.6 Å². The molecule has 0 saturated carbocycles. The number of hydrogen-bond acceptors (Lipinski definition) is 6. The van der Waals surface area contributed by atoms with E-state index in [1.165, 1.54) is 12.1 Å². The number of aromatic nitrogens is 3. The van der Waals surface area contributed by atoms with Gasteiger partial charge in [-0.15, -0.1) is 0 Å². The van der Waals surface area contributed by atoms with E-state index in [1.807, 2.05) is 32.0 Å². The number of pyridine rings is 1. The van der Waals surface area contributed by atoms with E-state index >= 15 is 0 Å². The molecular formula is C21H16FN3O3. The zero-order valence-corrected chi connectivity index (χ0v) is 15.3. The molecule has 4 aromatic rings. The molecule has 0 unspecified atom stereocenters. The van der Waals surface area contributed by atoms with Gasteiger partial charge in [0.2, 0.25) is 5.82 Å². The van der Waals surface area contributed by atoms with Crippen molar-refractivity contribution >= 4 is 16.9 Å². The Bertz CT molecular complexity index is 1170. The lowest BCUT2D eigenvalue weighted by Gasteiger charge is -2.08. The highest BCUT2D eigenvalue weighted by Gasteiger charge is 2.16. The Labute approximate surface area is 160 Å². The summed E-state index contributed by atoms with van der Waals surface area (Å²) < 4.78 is 23.5. The van der Waals surface area contributed by atoms with Gasteiger partial charge < -0.3 is 9.26 Å².